The van der Waals surface area contributed by atoms with Crippen molar-refractivity contribution < 1.29 is 9.53 Å². The second-order valence-corrected chi connectivity index (χ2v) is 3.49. The lowest BCUT2D eigenvalue weighted by atomic mass is 9.91. The molecule has 2 atom stereocenters. The summed E-state index contributed by atoms with van der Waals surface area (Å²) >= 11 is 0. The number of carbonyl (C=O) groups is 1. The Bertz CT molecular complexity index is 132. The maximum absolute atomic E-state index is 10.4. The van der Waals surface area contributed by atoms with Gasteiger partial charge < -0.3 is 4.74 Å². The Balaban J connectivity index is 3.43. The molecule has 0 aliphatic heterocycles. The number of hydrogen-bond donors (Lipinski definition) is 0. The van der Waals surface area contributed by atoms with Crippen molar-refractivity contribution in [1.82, 2.24) is 0 Å². The Morgan fingerprint density at radius 2 is 1.92 bits per heavy atom. The Labute approximate surface area is 75.3 Å². The van der Waals surface area contributed by atoms with Crippen LogP contribution in [0, 0.1) is 11.8 Å². The topological polar surface area (TPSA) is 26.3 Å². The molecule has 0 aromatic carbocycles. The molecule has 0 fully saturated rings. The summed E-state index contributed by atoms with van der Waals surface area (Å²) < 4.78 is 4.87. The monoisotopic (exact) mass is 172 g/mol. The van der Waals surface area contributed by atoms with E-state index in [1.807, 2.05) is 0 Å². The summed E-state index contributed by atoms with van der Waals surface area (Å²) in [6.07, 6.45) is 2.18. The second-order valence-electron chi connectivity index (χ2n) is 3.49. The molecular formula is C10H20O2. The first-order valence-corrected chi connectivity index (χ1v) is 4.71. The summed E-state index contributed by atoms with van der Waals surface area (Å²) in [5.74, 6) is 1.20. The molecule has 72 valence electrons. The maximum atomic E-state index is 10.4. The van der Waals surface area contributed by atoms with Gasteiger partial charge >= 0.3 is 5.97 Å². The van der Waals surface area contributed by atoms with Gasteiger partial charge in [0.25, 0.3) is 0 Å². The van der Waals surface area contributed by atoms with Gasteiger partial charge in [0.2, 0.25) is 0 Å². The molecule has 0 heterocycles. The fourth-order valence-corrected chi connectivity index (χ4v) is 1.08. The first kappa shape index (κ1) is 11.5. The van der Waals surface area contributed by atoms with Gasteiger partial charge in [-0.15, -0.1) is 0 Å². The van der Waals surface area contributed by atoms with Gasteiger partial charge in [0.1, 0.15) is 0 Å². The second kappa shape index (κ2) is 6.04. The normalized spacial score (nSPS) is 15.3. The molecule has 0 spiro atoms. The van der Waals surface area contributed by atoms with Gasteiger partial charge in [-0.05, 0) is 18.3 Å². The average Bonchev–Trinajstić information content (AvgIpc) is 2.02. The minimum absolute atomic E-state index is 0.175. The minimum Gasteiger partial charge on any atom is -0.466 e. The van der Waals surface area contributed by atoms with Crippen LogP contribution in [0.1, 0.15) is 40.5 Å². The van der Waals surface area contributed by atoms with Crippen molar-refractivity contribution in [3.05, 3.63) is 0 Å². The number of esters is 1. The first-order chi connectivity index (χ1) is 5.57. The van der Waals surface area contributed by atoms with Gasteiger partial charge in [-0.3, -0.25) is 4.79 Å². The van der Waals surface area contributed by atoms with Crippen molar-refractivity contribution in [3.63, 3.8) is 0 Å². The van der Waals surface area contributed by atoms with E-state index in [2.05, 4.69) is 20.8 Å². The third kappa shape index (κ3) is 5.16. The summed E-state index contributed by atoms with van der Waals surface area (Å²) in [6, 6.07) is 0. The van der Waals surface area contributed by atoms with Crippen LogP contribution in [-0.4, -0.2) is 12.6 Å². The zero-order valence-corrected chi connectivity index (χ0v) is 8.59. The lowest BCUT2D eigenvalue weighted by Gasteiger charge is -2.17. The Morgan fingerprint density at radius 1 is 1.33 bits per heavy atom. The first-order valence-electron chi connectivity index (χ1n) is 4.71. The van der Waals surface area contributed by atoms with Crippen LogP contribution < -0.4 is 0 Å². The van der Waals surface area contributed by atoms with E-state index >= 15 is 0 Å². The van der Waals surface area contributed by atoms with Crippen LogP contribution in [0.2, 0.25) is 0 Å². The number of carbonyl (C=O) groups excluding carboxylic acids is 1. The Hall–Kier alpha value is -0.530. The molecule has 2 unspecified atom stereocenters. The van der Waals surface area contributed by atoms with Crippen LogP contribution in [0.3, 0.4) is 0 Å². The molecule has 0 saturated carbocycles. The van der Waals surface area contributed by atoms with E-state index in [9.17, 15) is 4.79 Å². The molecule has 0 aromatic rings. The van der Waals surface area contributed by atoms with Crippen molar-refractivity contribution in [2.75, 3.05) is 6.61 Å². The number of rotatable bonds is 5. The van der Waals surface area contributed by atoms with Gasteiger partial charge in [-0.25, -0.2) is 0 Å². The fraction of sp³-hybridized carbons (Fsp3) is 0.900. The lowest BCUT2D eigenvalue weighted by Crippen LogP contribution is -2.11. The average molecular weight is 172 g/mol. The predicted molar refractivity (Wildman–Crippen MR) is 49.9 cm³/mol. The van der Waals surface area contributed by atoms with E-state index in [0.29, 0.717) is 12.5 Å². The Morgan fingerprint density at radius 3 is 2.33 bits per heavy atom. The summed E-state index contributed by atoms with van der Waals surface area (Å²) in [7, 11) is 0. The molecule has 12 heavy (non-hydrogen) atoms. The highest BCUT2D eigenvalue weighted by atomic mass is 16.5. The largest absolute Gasteiger partial charge is 0.466 e. The summed E-state index contributed by atoms with van der Waals surface area (Å²) in [5.41, 5.74) is 0. The van der Waals surface area contributed by atoms with Crippen molar-refractivity contribution in [2.45, 2.75) is 40.5 Å². The van der Waals surface area contributed by atoms with Gasteiger partial charge in [0.05, 0.1) is 6.61 Å². The molecule has 0 aliphatic carbocycles. The molecule has 0 aliphatic rings. The highest BCUT2D eigenvalue weighted by Gasteiger charge is 2.09. The fourth-order valence-electron chi connectivity index (χ4n) is 1.08. The van der Waals surface area contributed by atoms with Crippen LogP contribution in [0.4, 0.5) is 0 Å². The molecule has 0 aromatic heterocycles. The van der Waals surface area contributed by atoms with Crippen LogP contribution in [0.25, 0.3) is 0 Å². The number of hydrogen-bond acceptors (Lipinski definition) is 2. The third-order valence-corrected chi connectivity index (χ3v) is 2.49. The highest BCUT2D eigenvalue weighted by Crippen LogP contribution is 2.17. The Kier molecular flexibility index (Phi) is 5.77. The predicted octanol–water partition coefficient (Wildman–Crippen LogP) is 2.62. The third-order valence-electron chi connectivity index (χ3n) is 2.49. The van der Waals surface area contributed by atoms with Crippen LogP contribution in [0.5, 0.6) is 0 Å². The van der Waals surface area contributed by atoms with E-state index in [4.69, 9.17) is 4.74 Å². The van der Waals surface area contributed by atoms with Crippen LogP contribution in [-0.2, 0) is 9.53 Å². The zero-order chi connectivity index (χ0) is 9.56. The van der Waals surface area contributed by atoms with Gasteiger partial charge in [-0.2, -0.15) is 0 Å². The van der Waals surface area contributed by atoms with Gasteiger partial charge in [0.15, 0.2) is 0 Å². The van der Waals surface area contributed by atoms with Crippen molar-refractivity contribution in [1.29, 1.82) is 0 Å². The van der Waals surface area contributed by atoms with Crippen LogP contribution in [0.15, 0.2) is 0 Å². The van der Waals surface area contributed by atoms with E-state index < -0.39 is 0 Å². The van der Waals surface area contributed by atoms with Crippen molar-refractivity contribution in [2.24, 2.45) is 11.8 Å². The number of ether oxygens (including phenoxy) is 1. The molecule has 0 N–H and O–H groups in total. The molecule has 0 saturated heterocycles. The standard InChI is InChI=1S/C10H20O2/c1-5-8(2)9(3)6-7-12-10(4)11/h8-9H,5-7H2,1-4H3. The zero-order valence-electron chi connectivity index (χ0n) is 8.59. The molecule has 0 radical (unpaired) electrons. The molecule has 2 nitrogen and oxygen atoms in total. The van der Waals surface area contributed by atoms with Gasteiger partial charge in [-0.1, -0.05) is 27.2 Å². The smallest absolute Gasteiger partial charge is 0.302 e. The molecular weight excluding hydrogens is 152 g/mol. The van der Waals surface area contributed by atoms with Crippen LogP contribution >= 0.6 is 0 Å². The highest BCUT2D eigenvalue weighted by molar-refractivity contribution is 5.65. The van der Waals surface area contributed by atoms with E-state index in [1.165, 1.54) is 13.3 Å². The van der Waals surface area contributed by atoms with E-state index in [-0.39, 0.29) is 5.97 Å². The summed E-state index contributed by atoms with van der Waals surface area (Å²) in [6.45, 7) is 8.65. The van der Waals surface area contributed by atoms with E-state index in [0.717, 1.165) is 12.3 Å². The maximum Gasteiger partial charge on any atom is 0.302 e. The van der Waals surface area contributed by atoms with E-state index in [1.54, 1.807) is 0 Å². The van der Waals surface area contributed by atoms with Gasteiger partial charge in [0, 0.05) is 6.92 Å². The molecule has 0 amide bonds. The lowest BCUT2D eigenvalue weighted by molar-refractivity contribution is -0.141. The molecule has 0 bridgehead atoms. The van der Waals surface area contributed by atoms with Crippen molar-refractivity contribution in [3.8, 4) is 0 Å². The summed E-state index contributed by atoms with van der Waals surface area (Å²) in [5, 5.41) is 0. The summed E-state index contributed by atoms with van der Waals surface area (Å²) in [4.78, 5) is 10.4. The minimum atomic E-state index is -0.175. The molecule has 0 rings (SSSR count). The SMILES string of the molecule is CCC(C)C(C)CCOC(C)=O. The molecule has 2 heteroatoms. The quantitative estimate of drug-likeness (QED) is 0.596. The van der Waals surface area contributed by atoms with Crippen molar-refractivity contribution >= 4 is 5.97 Å².